The molecule has 0 saturated carbocycles. The van der Waals surface area contributed by atoms with E-state index in [2.05, 4.69) is 45.0 Å². The standard InChI is InChI=1S/C15H18N4/c1-12-6-7-13-11-19(14-5-3-4-8-16-14)10-9-18(2)15(13)17-12/h3-8H,9-11H2,1-2H3. The molecular formula is C15H18N4. The van der Waals surface area contributed by atoms with Gasteiger partial charge in [-0.25, -0.2) is 9.97 Å². The third-order valence-electron chi connectivity index (χ3n) is 3.50. The first-order chi connectivity index (χ1) is 9.24. The maximum absolute atomic E-state index is 4.66. The fourth-order valence-electron chi connectivity index (χ4n) is 2.42. The van der Waals surface area contributed by atoms with E-state index in [1.54, 1.807) is 0 Å². The normalized spacial score (nSPS) is 15.1. The van der Waals surface area contributed by atoms with Crippen molar-refractivity contribution >= 4 is 11.6 Å². The van der Waals surface area contributed by atoms with Gasteiger partial charge < -0.3 is 9.80 Å². The van der Waals surface area contributed by atoms with Crippen LogP contribution in [0, 0.1) is 6.92 Å². The number of aromatic nitrogens is 2. The van der Waals surface area contributed by atoms with E-state index in [1.807, 2.05) is 25.3 Å². The summed E-state index contributed by atoms with van der Waals surface area (Å²) in [6, 6.07) is 10.3. The number of likely N-dealkylation sites (N-methyl/N-ethyl adjacent to an activating group) is 1. The SMILES string of the molecule is Cc1ccc2c(n1)N(C)CCN(c1ccccn1)C2. The first-order valence-corrected chi connectivity index (χ1v) is 6.58. The lowest BCUT2D eigenvalue weighted by atomic mass is 10.2. The second-order valence-electron chi connectivity index (χ2n) is 4.97. The fourth-order valence-corrected chi connectivity index (χ4v) is 2.42. The lowest BCUT2D eigenvalue weighted by Gasteiger charge is -2.21. The van der Waals surface area contributed by atoms with Gasteiger partial charge in [-0.05, 0) is 25.1 Å². The topological polar surface area (TPSA) is 32.3 Å². The van der Waals surface area contributed by atoms with Crippen molar-refractivity contribution in [3.05, 3.63) is 47.8 Å². The first-order valence-electron chi connectivity index (χ1n) is 6.58. The summed E-state index contributed by atoms with van der Waals surface area (Å²) in [6.07, 6.45) is 1.85. The van der Waals surface area contributed by atoms with Gasteiger partial charge in [-0.3, -0.25) is 0 Å². The Bertz CT molecular complexity index is 568. The number of anilines is 2. The average molecular weight is 254 g/mol. The van der Waals surface area contributed by atoms with Crippen molar-refractivity contribution in [3.8, 4) is 0 Å². The molecule has 0 fully saturated rings. The molecule has 2 aromatic heterocycles. The largest absolute Gasteiger partial charge is 0.358 e. The van der Waals surface area contributed by atoms with Crippen molar-refractivity contribution < 1.29 is 0 Å². The lowest BCUT2D eigenvalue weighted by molar-refractivity contribution is 0.784. The highest BCUT2D eigenvalue weighted by molar-refractivity contribution is 5.52. The van der Waals surface area contributed by atoms with Crippen molar-refractivity contribution in [2.24, 2.45) is 0 Å². The summed E-state index contributed by atoms with van der Waals surface area (Å²) in [5, 5.41) is 0. The van der Waals surface area contributed by atoms with Crippen LogP contribution in [0.2, 0.25) is 0 Å². The molecule has 0 saturated heterocycles. The Morgan fingerprint density at radius 1 is 1.11 bits per heavy atom. The first kappa shape index (κ1) is 12.0. The van der Waals surface area contributed by atoms with Gasteiger partial charge in [0, 0.05) is 44.1 Å². The molecular weight excluding hydrogens is 236 g/mol. The molecule has 2 aromatic rings. The number of hydrogen-bond acceptors (Lipinski definition) is 4. The van der Waals surface area contributed by atoms with Gasteiger partial charge in [0.25, 0.3) is 0 Å². The minimum Gasteiger partial charge on any atom is -0.358 e. The van der Waals surface area contributed by atoms with Gasteiger partial charge in [0.1, 0.15) is 11.6 Å². The van der Waals surface area contributed by atoms with E-state index in [1.165, 1.54) is 5.56 Å². The molecule has 0 radical (unpaired) electrons. The maximum Gasteiger partial charge on any atom is 0.133 e. The van der Waals surface area contributed by atoms with Crippen LogP contribution in [0.15, 0.2) is 36.5 Å². The van der Waals surface area contributed by atoms with E-state index in [9.17, 15) is 0 Å². The zero-order chi connectivity index (χ0) is 13.2. The molecule has 0 amide bonds. The smallest absolute Gasteiger partial charge is 0.133 e. The Kier molecular flexibility index (Phi) is 3.07. The lowest BCUT2D eigenvalue weighted by Crippen LogP contribution is -2.29. The summed E-state index contributed by atoms with van der Waals surface area (Å²) in [6.45, 7) is 4.82. The highest BCUT2D eigenvalue weighted by Gasteiger charge is 2.19. The third-order valence-corrected chi connectivity index (χ3v) is 3.50. The maximum atomic E-state index is 4.66. The highest BCUT2D eigenvalue weighted by Crippen LogP contribution is 2.24. The number of hydrogen-bond donors (Lipinski definition) is 0. The number of fused-ring (bicyclic) bond motifs is 1. The fraction of sp³-hybridized carbons (Fsp3) is 0.333. The van der Waals surface area contributed by atoms with Crippen molar-refractivity contribution in [2.75, 3.05) is 29.9 Å². The number of pyridine rings is 2. The molecule has 0 aromatic carbocycles. The second-order valence-corrected chi connectivity index (χ2v) is 4.97. The molecule has 3 heterocycles. The highest BCUT2D eigenvalue weighted by atomic mass is 15.3. The molecule has 0 spiro atoms. The molecule has 4 nitrogen and oxygen atoms in total. The summed E-state index contributed by atoms with van der Waals surface area (Å²) in [5.41, 5.74) is 2.33. The van der Waals surface area contributed by atoms with Gasteiger partial charge in [-0.15, -0.1) is 0 Å². The Labute approximate surface area is 113 Å². The Hall–Kier alpha value is -2.10. The zero-order valence-corrected chi connectivity index (χ0v) is 11.4. The summed E-state index contributed by atoms with van der Waals surface area (Å²) in [4.78, 5) is 13.6. The predicted octanol–water partition coefficient (Wildman–Crippen LogP) is 2.24. The van der Waals surface area contributed by atoms with Gasteiger partial charge >= 0.3 is 0 Å². The van der Waals surface area contributed by atoms with Crippen molar-refractivity contribution in [1.29, 1.82) is 0 Å². The van der Waals surface area contributed by atoms with E-state index in [4.69, 9.17) is 0 Å². The molecule has 0 unspecified atom stereocenters. The van der Waals surface area contributed by atoms with Crippen LogP contribution >= 0.6 is 0 Å². The van der Waals surface area contributed by atoms with Crippen LogP contribution in [0.5, 0.6) is 0 Å². The van der Waals surface area contributed by atoms with Crippen LogP contribution < -0.4 is 9.80 Å². The van der Waals surface area contributed by atoms with Crippen LogP contribution in [-0.4, -0.2) is 30.1 Å². The van der Waals surface area contributed by atoms with Crippen LogP contribution in [0.3, 0.4) is 0 Å². The number of nitrogens with zero attached hydrogens (tertiary/aromatic N) is 4. The summed E-state index contributed by atoms with van der Waals surface area (Å²) in [5.74, 6) is 2.13. The Morgan fingerprint density at radius 3 is 2.79 bits per heavy atom. The molecule has 4 heteroatoms. The van der Waals surface area contributed by atoms with Crippen LogP contribution in [0.1, 0.15) is 11.3 Å². The van der Waals surface area contributed by atoms with E-state index in [0.29, 0.717) is 0 Å². The molecule has 0 bridgehead atoms. The summed E-state index contributed by atoms with van der Waals surface area (Å²) >= 11 is 0. The van der Waals surface area contributed by atoms with Gasteiger partial charge in [-0.1, -0.05) is 12.1 Å². The predicted molar refractivity (Wildman–Crippen MR) is 77.5 cm³/mol. The summed E-state index contributed by atoms with van der Waals surface area (Å²) < 4.78 is 0. The molecule has 98 valence electrons. The van der Waals surface area contributed by atoms with Gasteiger partial charge in [0.05, 0.1) is 0 Å². The minimum atomic E-state index is 0.865. The van der Waals surface area contributed by atoms with Crippen LogP contribution in [-0.2, 0) is 6.54 Å². The monoisotopic (exact) mass is 254 g/mol. The van der Waals surface area contributed by atoms with E-state index < -0.39 is 0 Å². The van der Waals surface area contributed by atoms with Gasteiger partial charge in [0.2, 0.25) is 0 Å². The molecule has 3 rings (SSSR count). The van der Waals surface area contributed by atoms with Crippen molar-refractivity contribution in [1.82, 2.24) is 9.97 Å². The molecule has 0 aliphatic carbocycles. The van der Waals surface area contributed by atoms with E-state index in [0.717, 1.165) is 37.0 Å². The number of aryl methyl sites for hydroxylation is 1. The van der Waals surface area contributed by atoms with Crippen molar-refractivity contribution in [2.45, 2.75) is 13.5 Å². The molecule has 1 aliphatic rings. The van der Waals surface area contributed by atoms with Crippen LogP contribution in [0.25, 0.3) is 0 Å². The Balaban J connectivity index is 1.95. The second kappa shape index (κ2) is 4.88. The number of rotatable bonds is 1. The zero-order valence-electron chi connectivity index (χ0n) is 11.4. The third kappa shape index (κ3) is 2.38. The van der Waals surface area contributed by atoms with E-state index >= 15 is 0 Å². The molecule has 19 heavy (non-hydrogen) atoms. The molecule has 0 atom stereocenters. The molecule has 0 N–H and O–H groups in total. The Morgan fingerprint density at radius 2 is 2.00 bits per heavy atom. The van der Waals surface area contributed by atoms with Crippen LogP contribution in [0.4, 0.5) is 11.6 Å². The van der Waals surface area contributed by atoms with Crippen molar-refractivity contribution in [3.63, 3.8) is 0 Å². The molecule has 1 aliphatic heterocycles. The van der Waals surface area contributed by atoms with Gasteiger partial charge in [0.15, 0.2) is 0 Å². The summed E-state index contributed by atoms with van der Waals surface area (Å²) in [7, 11) is 2.10. The van der Waals surface area contributed by atoms with E-state index in [-0.39, 0.29) is 0 Å². The van der Waals surface area contributed by atoms with Gasteiger partial charge in [-0.2, -0.15) is 0 Å². The average Bonchev–Trinajstić information content (AvgIpc) is 2.60. The minimum absolute atomic E-state index is 0.865. The quantitative estimate of drug-likeness (QED) is 0.781.